The van der Waals surface area contributed by atoms with Gasteiger partial charge in [0.05, 0.1) is 11.4 Å². The fourth-order valence-electron chi connectivity index (χ4n) is 2.84. The first-order chi connectivity index (χ1) is 13.0. The van der Waals surface area contributed by atoms with Gasteiger partial charge in [-0.05, 0) is 57.2 Å². The number of para-hydroxylation sites is 1. The van der Waals surface area contributed by atoms with Gasteiger partial charge in [0, 0.05) is 22.3 Å². The quantitative estimate of drug-likeness (QED) is 0.636. The maximum Gasteiger partial charge on any atom is 0.261 e. The van der Waals surface area contributed by atoms with E-state index in [0.29, 0.717) is 12.3 Å². The van der Waals surface area contributed by atoms with Gasteiger partial charge < -0.3 is 10.1 Å². The van der Waals surface area contributed by atoms with E-state index < -0.39 is 6.10 Å². The Hall–Kier alpha value is -2.60. The minimum absolute atomic E-state index is 0.163. The van der Waals surface area contributed by atoms with E-state index in [0.717, 1.165) is 27.1 Å². The number of halogens is 1. The number of carbonyl (C=O) groups excluding carboxylic acids is 1. The zero-order chi connectivity index (χ0) is 19.4. The van der Waals surface area contributed by atoms with Gasteiger partial charge in [0.15, 0.2) is 6.10 Å². The van der Waals surface area contributed by atoms with Crippen molar-refractivity contribution in [3.8, 4) is 11.4 Å². The predicted octanol–water partition coefficient (Wildman–Crippen LogP) is 4.34. The van der Waals surface area contributed by atoms with Crippen LogP contribution in [-0.4, -0.2) is 21.8 Å². The number of aromatic nitrogens is 2. The molecule has 2 aromatic carbocycles. The summed E-state index contributed by atoms with van der Waals surface area (Å²) in [5.74, 6) is 0.495. The third-order valence-corrected chi connectivity index (χ3v) is 4.91. The molecule has 0 saturated carbocycles. The summed E-state index contributed by atoms with van der Waals surface area (Å²) in [4.78, 5) is 12.4. The Kier molecular flexibility index (Phi) is 5.96. The van der Waals surface area contributed by atoms with Crippen LogP contribution < -0.4 is 10.1 Å². The number of amides is 1. The van der Waals surface area contributed by atoms with E-state index in [-0.39, 0.29) is 5.91 Å². The fraction of sp³-hybridized carbons (Fsp3) is 0.238. The summed E-state index contributed by atoms with van der Waals surface area (Å²) in [6.45, 7) is 6.12. The largest absolute Gasteiger partial charge is 0.481 e. The molecule has 0 saturated heterocycles. The first-order valence-corrected chi connectivity index (χ1v) is 9.55. The van der Waals surface area contributed by atoms with Crippen LogP contribution in [0.5, 0.6) is 5.75 Å². The van der Waals surface area contributed by atoms with Gasteiger partial charge in [0.25, 0.3) is 5.91 Å². The molecular formula is C21H22BrN3O2. The molecule has 1 unspecified atom stereocenters. The van der Waals surface area contributed by atoms with Crippen molar-refractivity contribution in [1.82, 2.24) is 15.1 Å². The summed E-state index contributed by atoms with van der Waals surface area (Å²) in [7, 11) is 0. The molecule has 0 spiro atoms. The van der Waals surface area contributed by atoms with Crippen molar-refractivity contribution in [2.75, 3.05) is 0 Å². The molecule has 6 heteroatoms. The second-order valence-electron chi connectivity index (χ2n) is 6.33. The number of ether oxygens (including phenoxy) is 1. The fourth-order valence-corrected chi connectivity index (χ4v) is 3.11. The average Bonchev–Trinajstić information content (AvgIpc) is 2.96. The van der Waals surface area contributed by atoms with Crippen molar-refractivity contribution in [3.05, 3.63) is 76.0 Å². The van der Waals surface area contributed by atoms with Gasteiger partial charge in [-0.15, -0.1) is 0 Å². The van der Waals surface area contributed by atoms with E-state index >= 15 is 0 Å². The smallest absolute Gasteiger partial charge is 0.261 e. The number of hydrogen-bond acceptors (Lipinski definition) is 3. The molecule has 1 atom stereocenters. The molecule has 0 fully saturated rings. The standard InChI is InChI=1S/C21H22BrN3O2/c1-14-20(15(2)25(24-14)18-7-5-4-6-8-18)13-23-21(26)16(3)27-19-11-9-17(22)10-12-19/h4-12,16H,13H2,1-3H3,(H,23,26). The van der Waals surface area contributed by atoms with Crippen LogP contribution in [0.15, 0.2) is 59.1 Å². The predicted molar refractivity (Wildman–Crippen MR) is 109 cm³/mol. The maximum absolute atomic E-state index is 12.4. The van der Waals surface area contributed by atoms with E-state index in [4.69, 9.17) is 4.74 Å². The number of hydrogen-bond donors (Lipinski definition) is 1. The summed E-state index contributed by atoms with van der Waals surface area (Å²) in [6, 6.07) is 17.4. The number of rotatable bonds is 6. The number of aryl methyl sites for hydroxylation is 1. The monoisotopic (exact) mass is 427 g/mol. The van der Waals surface area contributed by atoms with Crippen molar-refractivity contribution in [2.24, 2.45) is 0 Å². The van der Waals surface area contributed by atoms with Crippen LogP contribution >= 0.6 is 15.9 Å². The van der Waals surface area contributed by atoms with Crippen LogP contribution in [0.3, 0.4) is 0 Å². The third kappa shape index (κ3) is 4.57. The summed E-state index contributed by atoms with van der Waals surface area (Å²) < 4.78 is 8.57. The van der Waals surface area contributed by atoms with Crippen LogP contribution in [0, 0.1) is 13.8 Å². The molecule has 3 aromatic rings. The van der Waals surface area contributed by atoms with E-state index in [2.05, 4.69) is 26.3 Å². The Bertz CT molecular complexity index is 921. The molecule has 0 radical (unpaired) electrons. The van der Waals surface area contributed by atoms with Gasteiger partial charge in [0.2, 0.25) is 0 Å². The molecular weight excluding hydrogens is 406 g/mol. The molecule has 140 valence electrons. The molecule has 1 aromatic heterocycles. The van der Waals surface area contributed by atoms with Gasteiger partial charge in [0.1, 0.15) is 5.75 Å². The van der Waals surface area contributed by atoms with Crippen LogP contribution in [-0.2, 0) is 11.3 Å². The Morgan fingerprint density at radius 1 is 1.15 bits per heavy atom. The Morgan fingerprint density at radius 3 is 2.48 bits per heavy atom. The van der Waals surface area contributed by atoms with E-state index in [1.165, 1.54) is 0 Å². The highest BCUT2D eigenvalue weighted by Gasteiger charge is 2.17. The zero-order valence-electron chi connectivity index (χ0n) is 15.6. The highest BCUT2D eigenvalue weighted by atomic mass is 79.9. The Balaban J connectivity index is 1.65. The van der Waals surface area contributed by atoms with Crippen LogP contribution in [0.4, 0.5) is 0 Å². The second kappa shape index (κ2) is 8.39. The van der Waals surface area contributed by atoms with Gasteiger partial charge >= 0.3 is 0 Å². The van der Waals surface area contributed by atoms with Gasteiger partial charge in [-0.3, -0.25) is 4.79 Å². The van der Waals surface area contributed by atoms with E-state index in [1.807, 2.05) is 73.1 Å². The lowest BCUT2D eigenvalue weighted by molar-refractivity contribution is -0.127. The lowest BCUT2D eigenvalue weighted by atomic mass is 10.2. The topological polar surface area (TPSA) is 56.2 Å². The highest BCUT2D eigenvalue weighted by Crippen LogP contribution is 2.19. The molecule has 0 aliphatic rings. The summed E-state index contributed by atoms with van der Waals surface area (Å²) in [6.07, 6.45) is -0.587. The molecule has 5 nitrogen and oxygen atoms in total. The minimum Gasteiger partial charge on any atom is -0.481 e. The first kappa shape index (κ1) is 19.2. The van der Waals surface area contributed by atoms with Crippen molar-refractivity contribution in [1.29, 1.82) is 0 Å². The first-order valence-electron chi connectivity index (χ1n) is 8.76. The second-order valence-corrected chi connectivity index (χ2v) is 7.24. The average molecular weight is 428 g/mol. The Labute approximate surface area is 167 Å². The lowest BCUT2D eigenvalue weighted by Crippen LogP contribution is -2.36. The zero-order valence-corrected chi connectivity index (χ0v) is 17.2. The molecule has 1 heterocycles. The van der Waals surface area contributed by atoms with E-state index in [9.17, 15) is 4.79 Å². The Morgan fingerprint density at radius 2 is 1.81 bits per heavy atom. The number of nitrogens with one attached hydrogen (secondary N) is 1. The van der Waals surface area contributed by atoms with Crippen LogP contribution in [0.2, 0.25) is 0 Å². The van der Waals surface area contributed by atoms with Gasteiger partial charge in [-0.25, -0.2) is 4.68 Å². The number of carbonyl (C=O) groups is 1. The maximum atomic E-state index is 12.4. The highest BCUT2D eigenvalue weighted by molar-refractivity contribution is 9.10. The summed E-state index contributed by atoms with van der Waals surface area (Å²) >= 11 is 3.38. The van der Waals surface area contributed by atoms with Crippen LogP contribution in [0.1, 0.15) is 23.9 Å². The third-order valence-electron chi connectivity index (χ3n) is 4.38. The molecule has 0 aliphatic heterocycles. The van der Waals surface area contributed by atoms with Crippen molar-refractivity contribution in [2.45, 2.75) is 33.4 Å². The van der Waals surface area contributed by atoms with Gasteiger partial charge in [-0.1, -0.05) is 34.1 Å². The van der Waals surface area contributed by atoms with Crippen molar-refractivity contribution < 1.29 is 9.53 Å². The van der Waals surface area contributed by atoms with Crippen molar-refractivity contribution >= 4 is 21.8 Å². The number of benzene rings is 2. The normalized spacial score (nSPS) is 11.9. The molecule has 27 heavy (non-hydrogen) atoms. The number of nitrogens with zero attached hydrogens (tertiary/aromatic N) is 2. The molecule has 0 bridgehead atoms. The summed E-state index contributed by atoms with van der Waals surface area (Å²) in [5.41, 5.74) is 3.93. The van der Waals surface area contributed by atoms with Crippen LogP contribution in [0.25, 0.3) is 5.69 Å². The van der Waals surface area contributed by atoms with E-state index in [1.54, 1.807) is 6.92 Å². The molecule has 0 aliphatic carbocycles. The summed E-state index contributed by atoms with van der Waals surface area (Å²) in [5, 5.41) is 7.56. The lowest BCUT2D eigenvalue weighted by Gasteiger charge is -2.15. The van der Waals surface area contributed by atoms with Gasteiger partial charge in [-0.2, -0.15) is 5.10 Å². The van der Waals surface area contributed by atoms with Crippen molar-refractivity contribution in [3.63, 3.8) is 0 Å². The SMILES string of the molecule is Cc1nn(-c2ccccc2)c(C)c1CNC(=O)C(C)Oc1ccc(Br)cc1. The molecule has 3 rings (SSSR count). The molecule has 1 amide bonds. The minimum atomic E-state index is -0.587. The molecule has 1 N–H and O–H groups in total.